The van der Waals surface area contributed by atoms with Gasteiger partial charge in [-0.15, -0.1) is 11.3 Å². The highest BCUT2D eigenvalue weighted by Crippen LogP contribution is 2.25. The first-order valence-corrected chi connectivity index (χ1v) is 8.39. The molecule has 0 aliphatic carbocycles. The summed E-state index contributed by atoms with van der Waals surface area (Å²) in [5.74, 6) is 1.85. The molecule has 0 amide bonds. The summed E-state index contributed by atoms with van der Waals surface area (Å²) >= 11 is 1.82. The van der Waals surface area contributed by atoms with Crippen LogP contribution in [0.1, 0.15) is 27.2 Å². The predicted octanol–water partition coefficient (Wildman–Crippen LogP) is 3.68. The third-order valence-electron chi connectivity index (χ3n) is 3.82. The van der Waals surface area contributed by atoms with Crippen LogP contribution < -0.4 is 10.1 Å². The molecule has 0 spiro atoms. The molecule has 0 aliphatic heterocycles. The van der Waals surface area contributed by atoms with Gasteiger partial charge in [0.2, 0.25) is 0 Å². The molecule has 2 aromatic heterocycles. The zero-order valence-electron chi connectivity index (χ0n) is 13.6. The number of hydrogen-bond donors (Lipinski definition) is 1. The van der Waals surface area contributed by atoms with Crippen molar-refractivity contribution in [2.24, 2.45) is 7.05 Å². The molecule has 3 rings (SSSR count). The standard InChI is InChI=1S/C18H21N3OS/c1-13-7-8-16(23-13)12-20-17(18-19-9-10-21(18)2)14-5-4-6-15(11-14)22-3/h4-11,17,20H,12H2,1-3H3/t17-/m1/s1. The summed E-state index contributed by atoms with van der Waals surface area (Å²) < 4.78 is 7.42. The van der Waals surface area contributed by atoms with Gasteiger partial charge in [0.05, 0.1) is 13.2 Å². The van der Waals surface area contributed by atoms with Crippen LogP contribution in [-0.2, 0) is 13.6 Å². The largest absolute Gasteiger partial charge is 0.497 e. The molecule has 120 valence electrons. The number of imidazole rings is 1. The Morgan fingerprint density at radius 3 is 2.83 bits per heavy atom. The van der Waals surface area contributed by atoms with E-state index in [1.807, 2.05) is 42.9 Å². The monoisotopic (exact) mass is 327 g/mol. The average Bonchev–Trinajstić information content (AvgIpc) is 3.17. The maximum atomic E-state index is 5.37. The van der Waals surface area contributed by atoms with Crippen LogP contribution in [-0.4, -0.2) is 16.7 Å². The molecule has 1 aromatic carbocycles. The number of hydrogen-bond acceptors (Lipinski definition) is 4. The minimum absolute atomic E-state index is 0.0208. The van der Waals surface area contributed by atoms with Crippen molar-refractivity contribution in [3.8, 4) is 5.75 Å². The molecule has 0 saturated carbocycles. The van der Waals surface area contributed by atoms with E-state index in [0.29, 0.717) is 0 Å². The zero-order chi connectivity index (χ0) is 16.2. The summed E-state index contributed by atoms with van der Waals surface area (Å²) in [7, 11) is 3.71. The SMILES string of the molecule is COc1cccc([C@@H](NCc2ccc(C)s2)c2nccn2C)c1. The van der Waals surface area contributed by atoms with E-state index >= 15 is 0 Å². The topological polar surface area (TPSA) is 39.1 Å². The highest BCUT2D eigenvalue weighted by Gasteiger charge is 2.18. The lowest BCUT2D eigenvalue weighted by Crippen LogP contribution is -2.24. The molecule has 1 atom stereocenters. The molecule has 23 heavy (non-hydrogen) atoms. The van der Waals surface area contributed by atoms with E-state index in [4.69, 9.17) is 4.74 Å². The number of methoxy groups -OCH3 is 1. The summed E-state index contributed by atoms with van der Waals surface area (Å²) in [5, 5.41) is 3.63. The third kappa shape index (κ3) is 3.63. The van der Waals surface area contributed by atoms with Crippen LogP contribution in [0.5, 0.6) is 5.75 Å². The highest BCUT2D eigenvalue weighted by atomic mass is 32.1. The number of nitrogens with zero attached hydrogens (tertiary/aromatic N) is 2. The number of nitrogens with one attached hydrogen (secondary N) is 1. The molecule has 4 nitrogen and oxygen atoms in total. The van der Waals surface area contributed by atoms with Gasteiger partial charge >= 0.3 is 0 Å². The fourth-order valence-corrected chi connectivity index (χ4v) is 3.46. The molecule has 5 heteroatoms. The fraction of sp³-hybridized carbons (Fsp3) is 0.278. The summed E-state index contributed by atoms with van der Waals surface area (Å²) in [6, 6.07) is 12.5. The Morgan fingerprint density at radius 2 is 2.17 bits per heavy atom. The van der Waals surface area contributed by atoms with Crippen molar-refractivity contribution < 1.29 is 4.74 Å². The van der Waals surface area contributed by atoms with Gasteiger partial charge < -0.3 is 9.30 Å². The number of thiophene rings is 1. The lowest BCUT2D eigenvalue weighted by Gasteiger charge is -2.19. The minimum atomic E-state index is 0.0208. The average molecular weight is 327 g/mol. The van der Waals surface area contributed by atoms with Gasteiger partial charge in [0.1, 0.15) is 11.6 Å². The van der Waals surface area contributed by atoms with E-state index in [1.165, 1.54) is 9.75 Å². The summed E-state index contributed by atoms with van der Waals surface area (Å²) in [6.45, 7) is 2.94. The van der Waals surface area contributed by atoms with Gasteiger partial charge in [-0.05, 0) is 36.8 Å². The van der Waals surface area contributed by atoms with Gasteiger partial charge in [-0.25, -0.2) is 4.98 Å². The molecule has 3 aromatic rings. The smallest absolute Gasteiger partial charge is 0.130 e. The van der Waals surface area contributed by atoms with Crippen LogP contribution in [0.15, 0.2) is 48.8 Å². The Hall–Kier alpha value is -2.11. The maximum absolute atomic E-state index is 5.37. The fourth-order valence-electron chi connectivity index (χ4n) is 2.62. The van der Waals surface area contributed by atoms with Crippen molar-refractivity contribution in [2.75, 3.05) is 7.11 Å². The van der Waals surface area contributed by atoms with Gasteiger partial charge in [-0.2, -0.15) is 0 Å². The van der Waals surface area contributed by atoms with E-state index in [-0.39, 0.29) is 6.04 Å². The summed E-state index contributed by atoms with van der Waals surface area (Å²) in [6.07, 6.45) is 3.80. The molecule has 0 fully saturated rings. The Morgan fingerprint density at radius 1 is 1.30 bits per heavy atom. The van der Waals surface area contributed by atoms with Gasteiger partial charge in [-0.1, -0.05) is 12.1 Å². The normalized spacial score (nSPS) is 12.3. The molecule has 0 bridgehead atoms. The lowest BCUT2D eigenvalue weighted by molar-refractivity contribution is 0.413. The van der Waals surface area contributed by atoms with Crippen molar-refractivity contribution in [3.05, 3.63) is 69.9 Å². The van der Waals surface area contributed by atoms with E-state index in [1.54, 1.807) is 7.11 Å². The van der Waals surface area contributed by atoms with Crippen molar-refractivity contribution in [1.82, 2.24) is 14.9 Å². The first-order valence-electron chi connectivity index (χ1n) is 7.57. The number of aromatic nitrogens is 2. The van der Waals surface area contributed by atoms with Gasteiger partial charge in [0.15, 0.2) is 0 Å². The van der Waals surface area contributed by atoms with E-state index < -0.39 is 0 Å². The van der Waals surface area contributed by atoms with Crippen molar-refractivity contribution in [3.63, 3.8) is 0 Å². The number of ether oxygens (including phenoxy) is 1. The third-order valence-corrected chi connectivity index (χ3v) is 4.82. The molecular weight excluding hydrogens is 306 g/mol. The van der Waals surface area contributed by atoms with Crippen LogP contribution >= 0.6 is 11.3 Å². The van der Waals surface area contributed by atoms with Gasteiger partial charge in [0.25, 0.3) is 0 Å². The van der Waals surface area contributed by atoms with E-state index in [2.05, 4.69) is 46.1 Å². The van der Waals surface area contributed by atoms with Crippen LogP contribution in [0.4, 0.5) is 0 Å². The molecular formula is C18H21N3OS. The highest BCUT2D eigenvalue weighted by molar-refractivity contribution is 7.11. The van der Waals surface area contributed by atoms with Crippen molar-refractivity contribution in [2.45, 2.75) is 19.5 Å². The van der Waals surface area contributed by atoms with E-state index in [0.717, 1.165) is 23.7 Å². The predicted molar refractivity (Wildman–Crippen MR) is 93.9 cm³/mol. The summed E-state index contributed by atoms with van der Waals surface area (Å²) in [4.78, 5) is 7.18. The molecule has 0 aliphatic rings. The summed E-state index contributed by atoms with van der Waals surface area (Å²) in [5.41, 5.74) is 1.15. The number of aryl methyl sites for hydroxylation is 2. The van der Waals surface area contributed by atoms with Crippen LogP contribution in [0.3, 0.4) is 0 Å². The number of benzene rings is 1. The van der Waals surface area contributed by atoms with Crippen LogP contribution in [0.25, 0.3) is 0 Å². The first-order chi connectivity index (χ1) is 11.2. The molecule has 0 radical (unpaired) electrons. The molecule has 2 heterocycles. The molecule has 0 saturated heterocycles. The Balaban J connectivity index is 1.88. The second-order valence-corrected chi connectivity index (χ2v) is 6.87. The second kappa shape index (κ2) is 6.98. The van der Waals surface area contributed by atoms with Crippen LogP contribution in [0.2, 0.25) is 0 Å². The zero-order valence-corrected chi connectivity index (χ0v) is 14.4. The quantitative estimate of drug-likeness (QED) is 0.751. The van der Waals surface area contributed by atoms with Gasteiger partial charge in [-0.3, -0.25) is 5.32 Å². The first kappa shape index (κ1) is 15.8. The maximum Gasteiger partial charge on any atom is 0.130 e. The van der Waals surface area contributed by atoms with Crippen molar-refractivity contribution in [1.29, 1.82) is 0 Å². The second-order valence-electron chi connectivity index (χ2n) is 5.50. The van der Waals surface area contributed by atoms with Crippen molar-refractivity contribution >= 4 is 11.3 Å². The minimum Gasteiger partial charge on any atom is -0.497 e. The Kier molecular flexibility index (Phi) is 4.79. The van der Waals surface area contributed by atoms with Gasteiger partial charge in [0, 0.05) is 35.7 Å². The van der Waals surface area contributed by atoms with Crippen LogP contribution in [0, 0.1) is 6.92 Å². The lowest BCUT2D eigenvalue weighted by atomic mass is 10.1. The Bertz CT molecular complexity index is 778. The molecule has 0 unspecified atom stereocenters. The Labute approximate surface area is 140 Å². The molecule has 1 N–H and O–H groups in total. The van der Waals surface area contributed by atoms with E-state index in [9.17, 15) is 0 Å². The number of rotatable bonds is 6.